The Kier molecular flexibility index (Phi) is 3.62. The molecule has 0 unspecified atom stereocenters. The number of aryl methyl sites for hydroxylation is 1. The Balaban J connectivity index is 1.82. The lowest BCUT2D eigenvalue weighted by Crippen LogP contribution is -2.08. The molecule has 0 amide bonds. The largest absolute Gasteiger partial charge is 0.497 e. The summed E-state index contributed by atoms with van der Waals surface area (Å²) in [6.07, 6.45) is 3.59. The van der Waals surface area contributed by atoms with E-state index in [-0.39, 0.29) is 6.29 Å². The molecule has 3 rings (SSSR count). The smallest absolute Gasteiger partial charge is 0.158 e. The lowest BCUT2D eigenvalue weighted by Gasteiger charge is -2.10. The second-order valence-electron chi connectivity index (χ2n) is 4.56. The highest BCUT2D eigenvalue weighted by Gasteiger charge is 2.16. The molecule has 1 saturated heterocycles. The van der Waals surface area contributed by atoms with Gasteiger partial charge >= 0.3 is 0 Å². The fourth-order valence-corrected chi connectivity index (χ4v) is 2.38. The number of fused-ring (bicyclic) bond motifs is 1. The molecule has 0 spiro atoms. The van der Waals surface area contributed by atoms with Crippen molar-refractivity contribution in [2.75, 3.05) is 20.3 Å². The van der Waals surface area contributed by atoms with Gasteiger partial charge in [-0.3, -0.25) is 4.98 Å². The van der Waals surface area contributed by atoms with Gasteiger partial charge in [-0.2, -0.15) is 0 Å². The molecule has 2 aromatic rings. The minimum atomic E-state index is -0.0542. The van der Waals surface area contributed by atoms with Crippen molar-refractivity contribution in [2.45, 2.75) is 19.1 Å². The minimum Gasteiger partial charge on any atom is -0.497 e. The van der Waals surface area contributed by atoms with Gasteiger partial charge in [0, 0.05) is 24.1 Å². The molecule has 2 heterocycles. The van der Waals surface area contributed by atoms with Crippen LogP contribution < -0.4 is 4.74 Å². The topological polar surface area (TPSA) is 40.6 Å². The quantitative estimate of drug-likeness (QED) is 0.846. The predicted molar refractivity (Wildman–Crippen MR) is 72.3 cm³/mol. The van der Waals surface area contributed by atoms with E-state index < -0.39 is 0 Å². The maximum absolute atomic E-state index is 5.47. The first-order chi connectivity index (χ1) is 9.36. The number of benzene rings is 1. The first-order valence-electron chi connectivity index (χ1n) is 6.51. The molecule has 0 N–H and O–H groups in total. The van der Waals surface area contributed by atoms with Gasteiger partial charge in [0.2, 0.25) is 0 Å². The Hall–Kier alpha value is -1.65. The summed E-state index contributed by atoms with van der Waals surface area (Å²) >= 11 is 0. The van der Waals surface area contributed by atoms with Crippen molar-refractivity contribution in [3.8, 4) is 5.75 Å². The van der Waals surface area contributed by atoms with Gasteiger partial charge in [0.15, 0.2) is 6.29 Å². The van der Waals surface area contributed by atoms with E-state index >= 15 is 0 Å². The lowest BCUT2D eigenvalue weighted by molar-refractivity contribution is -0.0461. The average molecular weight is 259 g/mol. The van der Waals surface area contributed by atoms with Crippen LogP contribution >= 0.6 is 0 Å². The number of hydrogen-bond donors (Lipinski definition) is 0. The van der Waals surface area contributed by atoms with E-state index in [9.17, 15) is 0 Å². The third-order valence-electron chi connectivity index (χ3n) is 3.38. The molecule has 0 atom stereocenters. The Labute approximate surface area is 112 Å². The van der Waals surface area contributed by atoms with Crippen molar-refractivity contribution in [2.24, 2.45) is 0 Å². The normalized spacial score (nSPS) is 16.1. The highest BCUT2D eigenvalue weighted by atomic mass is 16.7. The molecule has 19 heavy (non-hydrogen) atoms. The summed E-state index contributed by atoms with van der Waals surface area (Å²) in [5.41, 5.74) is 2.23. The van der Waals surface area contributed by atoms with Gasteiger partial charge in [-0.05, 0) is 30.2 Å². The van der Waals surface area contributed by atoms with Crippen LogP contribution in [0.5, 0.6) is 5.75 Å². The van der Waals surface area contributed by atoms with Crippen LogP contribution in [0.25, 0.3) is 10.9 Å². The third-order valence-corrected chi connectivity index (χ3v) is 3.38. The van der Waals surface area contributed by atoms with Gasteiger partial charge in [-0.25, -0.2) is 0 Å². The fourth-order valence-electron chi connectivity index (χ4n) is 2.38. The van der Waals surface area contributed by atoms with Crippen LogP contribution in [0.1, 0.15) is 12.0 Å². The first-order valence-corrected chi connectivity index (χ1v) is 6.51. The molecule has 4 heteroatoms. The molecule has 0 bridgehead atoms. The number of methoxy groups -OCH3 is 1. The molecule has 0 radical (unpaired) electrons. The number of nitrogens with zero attached hydrogens (tertiary/aromatic N) is 1. The molecule has 1 aromatic heterocycles. The van der Waals surface area contributed by atoms with E-state index in [0.29, 0.717) is 13.2 Å². The number of ether oxygens (including phenoxy) is 3. The number of pyridine rings is 1. The first kappa shape index (κ1) is 12.4. The zero-order valence-electron chi connectivity index (χ0n) is 11.0. The zero-order chi connectivity index (χ0) is 13.1. The number of aromatic nitrogens is 1. The van der Waals surface area contributed by atoms with E-state index in [1.54, 1.807) is 7.11 Å². The van der Waals surface area contributed by atoms with Gasteiger partial charge in [-0.1, -0.05) is 0 Å². The van der Waals surface area contributed by atoms with Crippen molar-refractivity contribution in [1.29, 1.82) is 0 Å². The van der Waals surface area contributed by atoms with Crippen molar-refractivity contribution >= 4 is 10.9 Å². The second kappa shape index (κ2) is 5.55. The molecule has 1 aliphatic rings. The second-order valence-corrected chi connectivity index (χ2v) is 4.56. The predicted octanol–water partition coefficient (Wildman–Crippen LogP) is 2.55. The van der Waals surface area contributed by atoms with Crippen LogP contribution in [0, 0.1) is 0 Å². The highest BCUT2D eigenvalue weighted by molar-refractivity contribution is 5.83. The Bertz CT molecular complexity index is 564. The van der Waals surface area contributed by atoms with E-state index in [4.69, 9.17) is 14.2 Å². The maximum Gasteiger partial charge on any atom is 0.158 e. The maximum atomic E-state index is 5.47. The van der Waals surface area contributed by atoms with Crippen molar-refractivity contribution in [3.05, 3.63) is 36.0 Å². The summed E-state index contributed by atoms with van der Waals surface area (Å²) in [5, 5.41) is 1.17. The minimum absolute atomic E-state index is 0.0542. The summed E-state index contributed by atoms with van der Waals surface area (Å²) < 4.78 is 16.2. The van der Waals surface area contributed by atoms with E-state index in [1.807, 2.05) is 18.3 Å². The zero-order valence-corrected chi connectivity index (χ0v) is 11.0. The van der Waals surface area contributed by atoms with E-state index in [2.05, 4.69) is 17.1 Å². The Morgan fingerprint density at radius 2 is 2.11 bits per heavy atom. The monoisotopic (exact) mass is 259 g/mol. The molecular formula is C15H17NO3. The summed E-state index contributed by atoms with van der Waals surface area (Å²) in [7, 11) is 1.67. The molecule has 1 aromatic carbocycles. The molecule has 1 aliphatic heterocycles. The lowest BCUT2D eigenvalue weighted by atomic mass is 10.0. The standard InChI is InChI=1S/C15H17NO3/c1-17-12-3-4-13-11(6-7-16-14(13)10-12)2-5-15-18-8-9-19-15/h3-4,6-7,10,15H,2,5,8-9H2,1H3. The van der Waals surface area contributed by atoms with E-state index in [1.165, 1.54) is 10.9 Å². The van der Waals surface area contributed by atoms with Crippen LogP contribution in [0.3, 0.4) is 0 Å². The Morgan fingerprint density at radius 1 is 1.26 bits per heavy atom. The van der Waals surface area contributed by atoms with Crippen molar-refractivity contribution in [1.82, 2.24) is 4.98 Å². The molecule has 4 nitrogen and oxygen atoms in total. The van der Waals surface area contributed by atoms with Gasteiger partial charge in [0.1, 0.15) is 5.75 Å². The van der Waals surface area contributed by atoms with Gasteiger partial charge in [0.05, 0.1) is 25.8 Å². The SMILES string of the molecule is COc1ccc2c(CCC3OCCO3)ccnc2c1. The van der Waals surface area contributed by atoms with Crippen LogP contribution in [-0.2, 0) is 15.9 Å². The molecule has 100 valence electrons. The molecule has 0 saturated carbocycles. The van der Waals surface area contributed by atoms with Crippen LogP contribution in [0.4, 0.5) is 0 Å². The van der Waals surface area contributed by atoms with Crippen LogP contribution in [-0.4, -0.2) is 31.6 Å². The van der Waals surface area contributed by atoms with Gasteiger partial charge in [0.25, 0.3) is 0 Å². The number of rotatable bonds is 4. The van der Waals surface area contributed by atoms with Crippen molar-refractivity contribution < 1.29 is 14.2 Å². The molecule has 1 fully saturated rings. The summed E-state index contributed by atoms with van der Waals surface area (Å²) in [5.74, 6) is 0.833. The van der Waals surface area contributed by atoms with Gasteiger partial charge in [-0.15, -0.1) is 0 Å². The molecular weight excluding hydrogens is 242 g/mol. The summed E-state index contributed by atoms with van der Waals surface area (Å²) in [4.78, 5) is 4.39. The number of hydrogen-bond acceptors (Lipinski definition) is 4. The summed E-state index contributed by atoms with van der Waals surface area (Å²) in [6.45, 7) is 1.41. The van der Waals surface area contributed by atoms with Crippen molar-refractivity contribution in [3.63, 3.8) is 0 Å². The molecule has 0 aliphatic carbocycles. The van der Waals surface area contributed by atoms with E-state index in [0.717, 1.165) is 24.1 Å². The third kappa shape index (κ3) is 2.69. The van der Waals surface area contributed by atoms with Gasteiger partial charge < -0.3 is 14.2 Å². The highest BCUT2D eigenvalue weighted by Crippen LogP contribution is 2.23. The average Bonchev–Trinajstić information content (AvgIpc) is 2.97. The van der Waals surface area contributed by atoms with Crippen LogP contribution in [0.15, 0.2) is 30.5 Å². The van der Waals surface area contributed by atoms with Crippen LogP contribution in [0.2, 0.25) is 0 Å². The summed E-state index contributed by atoms with van der Waals surface area (Å²) in [6, 6.07) is 8.05. The Morgan fingerprint density at radius 3 is 2.89 bits per heavy atom. The fraction of sp³-hybridized carbons (Fsp3) is 0.400.